The molecule has 5 aliphatic rings. The molecule has 12 rings (SSSR count). The highest BCUT2D eigenvalue weighted by Gasteiger charge is 2.61. The van der Waals surface area contributed by atoms with Crippen LogP contribution in [0, 0.1) is 23.7 Å². The van der Waals surface area contributed by atoms with E-state index in [4.69, 9.17) is 9.97 Å². The maximum atomic E-state index is 5.11. The first-order valence-electron chi connectivity index (χ1n) is 18.5. The number of fused-ring (bicyclic) bond motifs is 4. The third kappa shape index (κ3) is 4.14. The highest BCUT2D eigenvalue weighted by atomic mass is 14.9. The van der Waals surface area contributed by atoms with E-state index in [-0.39, 0.29) is 5.41 Å². The molecular formula is C48H38N2. The van der Waals surface area contributed by atoms with Crippen LogP contribution in [0.5, 0.6) is 0 Å². The normalized spacial score (nSPS) is 24.1. The van der Waals surface area contributed by atoms with Crippen molar-refractivity contribution in [1.82, 2.24) is 9.97 Å². The van der Waals surface area contributed by atoms with Crippen molar-refractivity contribution in [3.8, 4) is 56.2 Å². The van der Waals surface area contributed by atoms with Crippen LogP contribution in [0.4, 0.5) is 0 Å². The van der Waals surface area contributed by atoms with Gasteiger partial charge in [0.05, 0.1) is 11.4 Å². The second kappa shape index (κ2) is 10.8. The molecule has 0 N–H and O–H groups in total. The Bertz CT molecular complexity index is 2340. The zero-order valence-electron chi connectivity index (χ0n) is 28.1. The molecule has 2 heteroatoms. The molecule has 0 atom stereocenters. The summed E-state index contributed by atoms with van der Waals surface area (Å²) < 4.78 is 0. The van der Waals surface area contributed by atoms with Crippen LogP contribution in [0.15, 0.2) is 146 Å². The van der Waals surface area contributed by atoms with Gasteiger partial charge in [0.25, 0.3) is 0 Å². The fraction of sp³-hybridized carbons (Fsp3) is 0.208. The maximum absolute atomic E-state index is 5.11. The second-order valence-corrected chi connectivity index (χ2v) is 15.4. The topological polar surface area (TPSA) is 25.8 Å². The van der Waals surface area contributed by atoms with Gasteiger partial charge in [0.2, 0.25) is 0 Å². The zero-order chi connectivity index (χ0) is 32.8. The van der Waals surface area contributed by atoms with Crippen molar-refractivity contribution in [2.45, 2.75) is 37.5 Å². The Morgan fingerprint density at radius 2 is 0.980 bits per heavy atom. The molecule has 2 nitrogen and oxygen atoms in total. The average molecular weight is 643 g/mol. The number of rotatable bonds is 4. The molecule has 240 valence electrons. The summed E-state index contributed by atoms with van der Waals surface area (Å²) in [6.07, 6.45) is 7.05. The van der Waals surface area contributed by atoms with E-state index in [1.807, 2.05) is 6.07 Å². The van der Waals surface area contributed by atoms with Crippen molar-refractivity contribution in [1.29, 1.82) is 0 Å². The number of benzene rings is 6. The molecule has 5 aliphatic carbocycles. The van der Waals surface area contributed by atoms with Gasteiger partial charge in [-0.25, -0.2) is 9.97 Å². The van der Waals surface area contributed by atoms with Crippen LogP contribution in [-0.4, -0.2) is 9.97 Å². The van der Waals surface area contributed by atoms with Crippen molar-refractivity contribution in [2.24, 2.45) is 23.7 Å². The van der Waals surface area contributed by atoms with Gasteiger partial charge in [0.1, 0.15) is 0 Å². The predicted molar refractivity (Wildman–Crippen MR) is 205 cm³/mol. The molecule has 0 unspecified atom stereocenters. The Kier molecular flexibility index (Phi) is 6.17. The molecule has 1 spiro atoms. The first kappa shape index (κ1) is 28.5. The molecule has 4 saturated carbocycles. The van der Waals surface area contributed by atoms with E-state index in [1.165, 1.54) is 65.1 Å². The Morgan fingerprint density at radius 3 is 1.64 bits per heavy atom. The minimum absolute atomic E-state index is 0.140. The average Bonchev–Trinajstić information content (AvgIpc) is 3.46. The van der Waals surface area contributed by atoms with E-state index in [1.54, 1.807) is 11.1 Å². The third-order valence-corrected chi connectivity index (χ3v) is 12.9. The standard InChI is InChI=1S/C48H38N2/c1-3-10-33(11-4-1)44-29-45(50-47(49-44)35-12-5-2-6-13-35)34-20-18-32(19-21-34)40-16-9-17-42-46(40)41-27-36-14-7-8-15-37(36)28-43(41)48(42)38-23-30-22-31(25-38)26-39(48)24-30/h1-21,27-31,38-39H,22-26H2. The number of hydrogen-bond acceptors (Lipinski definition) is 2. The molecule has 4 fully saturated rings. The van der Waals surface area contributed by atoms with Crippen molar-refractivity contribution in [3.63, 3.8) is 0 Å². The Labute approximate surface area is 293 Å². The quantitative estimate of drug-likeness (QED) is 0.191. The molecule has 0 saturated heterocycles. The Balaban J connectivity index is 1.06. The lowest BCUT2D eigenvalue weighted by Crippen LogP contribution is -2.55. The minimum Gasteiger partial charge on any atom is -0.228 e. The monoisotopic (exact) mass is 642 g/mol. The van der Waals surface area contributed by atoms with Crippen molar-refractivity contribution in [3.05, 3.63) is 157 Å². The molecule has 1 aromatic heterocycles. The molecule has 50 heavy (non-hydrogen) atoms. The SMILES string of the molecule is c1ccc(-c2cc(-c3ccc(-c4cccc5c4-c4cc6ccccc6cc4C54C5CC6CC(C5)CC4C6)cc3)nc(-c3ccccc3)n2)cc1. The molecule has 0 aliphatic heterocycles. The lowest BCUT2D eigenvalue weighted by molar-refractivity contribution is -0.0398. The van der Waals surface area contributed by atoms with E-state index >= 15 is 0 Å². The van der Waals surface area contributed by atoms with Gasteiger partial charge < -0.3 is 0 Å². The second-order valence-electron chi connectivity index (χ2n) is 15.4. The fourth-order valence-electron chi connectivity index (χ4n) is 11.1. The van der Waals surface area contributed by atoms with Gasteiger partial charge in [-0.2, -0.15) is 0 Å². The van der Waals surface area contributed by atoms with Gasteiger partial charge in [0.15, 0.2) is 5.82 Å². The first-order valence-corrected chi connectivity index (χ1v) is 18.5. The van der Waals surface area contributed by atoms with Gasteiger partial charge in [0, 0.05) is 22.1 Å². The Morgan fingerprint density at radius 1 is 0.420 bits per heavy atom. The number of hydrogen-bond donors (Lipinski definition) is 0. The van der Waals surface area contributed by atoms with E-state index < -0.39 is 0 Å². The first-order chi connectivity index (χ1) is 24.7. The summed E-state index contributed by atoms with van der Waals surface area (Å²) in [5, 5.41) is 2.73. The van der Waals surface area contributed by atoms with E-state index in [2.05, 4.69) is 140 Å². The van der Waals surface area contributed by atoms with E-state index in [0.717, 1.165) is 57.6 Å². The molecule has 7 aromatic rings. The number of nitrogens with zero attached hydrogens (tertiary/aromatic N) is 2. The number of aromatic nitrogens is 2. The van der Waals surface area contributed by atoms with Gasteiger partial charge in [-0.05, 0) is 118 Å². The van der Waals surface area contributed by atoms with Crippen LogP contribution in [0.3, 0.4) is 0 Å². The summed E-state index contributed by atoms with van der Waals surface area (Å²) in [6, 6.07) is 53.4. The Hall–Kier alpha value is -5.34. The van der Waals surface area contributed by atoms with Gasteiger partial charge in [-0.3, -0.25) is 0 Å². The summed E-state index contributed by atoms with van der Waals surface area (Å²) in [6.45, 7) is 0. The van der Waals surface area contributed by atoms with Gasteiger partial charge >= 0.3 is 0 Å². The van der Waals surface area contributed by atoms with Crippen LogP contribution < -0.4 is 0 Å². The molecule has 0 radical (unpaired) electrons. The van der Waals surface area contributed by atoms with E-state index in [0.29, 0.717) is 0 Å². The lowest BCUT2D eigenvalue weighted by Gasteiger charge is -2.61. The molecular weight excluding hydrogens is 605 g/mol. The van der Waals surface area contributed by atoms with Crippen LogP contribution in [0.1, 0.15) is 43.2 Å². The molecule has 0 amide bonds. The van der Waals surface area contributed by atoms with Gasteiger partial charge in [-0.15, -0.1) is 0 Å². The maximum Gasteiger partial charge on any atom is 0.160 e. The van der Waals surface area contributed by atoms with Gasteiger partial charge in [-0.1, -0.05) is 127 Å². The molecule has 4 bridgehead atoms. The molecule has 6 aromatic carbocycles. The fourth-order valence-corrected chi connectivity index (χ4v) is 11.1. The summed E-state index contributed by atoms with van der Waals surface area (Å²) in [5.74, 6) is 4.09. The largest absolute Gasteiger partial charge is 0.228 e. The predicted octanol–water partition coefficient (Wildman–Crippen LogP) is 12.0. The van der Waals surface area contributed by atoms with Crippen LogP contribution in [-0.2, 0) is 5.41 Å². The summed E-state index contributed by atoms with van der Waals surface area (Å²) in [5.41, 5.74) is 14.0. The minimum atomic E-state index is 0.140. The summed E-state index contributed by atoms with van der Waals surface area (Å²) in [7, 11) is 0. The highest BCUT2D eigenvalue weighted by Crippen LogP contribution is 2.70. The van der Waals surface area contributed by atoms with Crippen molar-refractivity contribution < 1.29 is 0 Å². The van der Waals surface area contributed by atoms with Crippen molar-refractivity contribution >= 4 is 10.8 Å². The third-order valence-electron chi connectivity index (χ3n) is 12.9. The van der Waals surface area contributed by atoms with E-state index in [9.17, 15) is 0 Å². The highest BCUT2D eigenvalue weighted by molar-refractivity contribution is 5.99. The lowest BCUT2D eigenvalue weighted by atomic mass is 9.43. The molecule has 1 heterocycles. The summed E-state index contributed by atoms with van der Waals surface area (Å²) >= 11 is 0. The zero-order valence-corrected chi connectivity index (χ0v) is 28.1. The summed E-state index contributed by atoms with van der Waals surface area (Å²) in [4.78, 5) is 10.1. The van der Waals surface area contributed by atoms with Crippen LogP contribution in [0.25, 0.3) is 66.9 Å². The van der Waals surface area contributed by atoms with Crippen LogP contribution >= 0.6 is 0 Å². The van der Waals surface area contributed by atoms with Crippen molar-refractivity contribution in [2.75, 3.05) is 0 Å². The van der Waals surface area contributed by atoms with Crippen LogP contribution in [0.2, 0.25) is 0 Å². The smallest absolute Gasteiger partial charge is 0.160 e.